The van der Waals surface area contributed by atoms with Gasteiger partial charge in [-0.05, 0) is 55.2 Å². The molecule has 1 aromatic rings. The summed E-state index contributed by atoms with van der Waals surface area (Å²) in [6, 6.07) is 10.2. The average Bonchev–Trinajstić information content (AvgIpc) is 2.41. The van der Waals surface area contributed by atoms with Crippen molar-refractivity contribution in [3.63, 3.8) is 0 Å². The third-order valence-corrected chi connectivity index (χ3v) is 4.44. The van der Waals surface area contributed by atoms with Gasteiger partial charge in [0, 0.05) is 12.1 Å². The third kappa shape index (κ3) is 4.60. The van der Waals surface area contributed by atoms with Gasteiger partial charge < -0.3 is 11.1 Å². The summed E-state index contributed by atoms with van der Waals surface area (Å²) in [5.74, 6) is 0. The Hall–Kier alpha value is -0.860. The normalized spacial score (nSPS) is 23.8. The molecule has 1 aromatic carbocycles. The first kappa shape index (κ1) is 15.5. The second-order valence-corrected chi connectivity index (χ2v) is 7.26. The van der Waals surface area contributed by atoms with Gasteiger partial charge in [0.15, 0.2) is 0 Å². The van der Waals surface area contributed by atoms with Gasteiger partial charge >= 0.3 is 0 Å². The first-order valence-corrected chi connectivity index (χ1v) is 8.03. The summed E-state index contributed by atoms with van der Waals surface area (Å²) in [5, 5.41) is 3.68. The highest BCUT2D eigenvalue weighted by Gasteiger charge is 2.17. The molecule has 2 nitrogen and oxygen atoms in total. The van der Waals surface area contributed by atoms with E-state index >= 15 is 0 Å². The topological polar surface area (TPSA) is 38.0 Å². The molecule has 0 unspecified atom stereocenters. The van der Waals surface area contributed by atoms with Crippen LogP contribution in [-0.4, -0.2) is 18.6 Å². The molecule has 0 atom stereocenters. The molecule has 0 aromatic heterocycles. The van der Waals surface area contributed by atoms with Crippen LogP contribution < -0.4 is 11.1 Å². The van der Waals surface area contributed by atoms with Gasteiger partial charge in [-0.2, -0.15) is 0 Å². The molecule has 1 saturated carbocycles. The van der Waals surface area contributed by atoms with Crippen molar-refractivity contribution >= 4 is 0 Å². The van der Waals surface area contributed by atoms with Crippen LogP contribution in [0.2, 0.25) is 0 Å². The molecule has 3 N–H and O–H groups in total. The molecule has 0 spiro atoms. The van der Waals surface area contributed by atoms with Gasteiger partial charge in [0.2, 0.25) is 0 Å². The SMILES string of the molecule is CC(C)(C)c1ccc(CCNC2CCC(N)CC2)cc1. The second kappa shape index (κ2) is 6.73. The lowest BCUT2D eigenvalue weighted by molar-refractivity contribution is 0.344. The van der Waals surface area contributed by atoms with Crippen LogP contribution >= 0.6 is 0 Å². The third-order valence-electron chi connectivity index (χ3n) is 4.44. The van der Waals surface area contributed by atoms with Crippen LogP contribution in [0.1, 0.15) is 57.6 Å². The summed E-state index contributed by atoms with van der Waals surface area (Å²) in [6.45, 7) is 7.86. The van der Waals surface area contributed by atoms with Crippen LogP contribution in [0.15, 0.2) is 24.3 Å². The summed E-state index contributed by atoms with van der Waals surface area (Å²) < 4.78 is 0. The number of rotatable bonds is 4. The van der Waals surface area contributed by atoms with Gasteiger partial charge in [-0.25, -0.2) is 0 Å². The van der Waals surface area contributed by atoms with Crippen molar-refractivity contribution in [2.45, 2.75) is 70.4 Å². The Labute approximate surface area is 124 Å². The van der Waals surface area contributed by atoms with Crippen LogP contribution in [0.3, 0.4) is 0 Å². The minimum Gasteiger partial charge on any atom is -0.328 e. The molecule has 0 aliphatic heterocycles. The van der Waals surface area contributed by atoms with Gasteiger partial charge in [-0.3, -0.25) is 0 Å². The smallest absolute Gasteiger partial charge is 0.00683 e. The lowest BCUT2D eigenvalue weighted by atomic mass is 9.86. The van der Waals surface area contributed by atoms with Gasteiger partial charge in [0.25, 0.3) is 0 Å². The highest BCUT2D eigenvalue weighted by Crippen LogP contribution is 2.22. The average molecular weight is 274 g/mol. The monoisotopic (exact) mass is 274 g/mol. The molecule has 2 heteroatoms. The van der Waals surface area contributed by atoms with E-state index in [0.29, 0.717) is 12.1 Å². The molecule has 0 amide bonds. The molecule has 20 heavy (non-hydrogen) atoms. The van der Waals surface area contributed by atoms with Crippen molar-refractivity contribution in [2.75, 3.05) is 6.54 Å². The fraction of sp³-hybridized carbons (Fsp3) is 0.667. The Kier molecular flexibility index (Phi) is 5.22. The molecule has 0 radical (unpaired) electrons. The van der Waals surface area contributed by atoms with Gasteiger partial charge in [0.1, 0.15) is 0 Å². The molecular weight excluding hydrogens is 244 g/mol. The molecule has 0 saturated heterocycles. The van der Waals surface area contributed by atoms with Crippen molar-refractivity contribution in [3.8, 4) is 0 Å². The van der Waals surface area contributed by atoms with Crippen molar-refractivity contribution in [2.24, 2.45) is 5.73 Å². The van der Waals surface area contributed by atoms with E-state index in [1.807, 2.05) is 0 Å². The number of hydrogen-bond acceptors (Lipinski definition) is 2. The Morgan fingerprint density at radius 2 is 1.65 bits per heavy atom. The Bertz CT molecular complexity index is 394. The summed E-state index contributed by atoms with van der Waals surface area (Å²) in [4.78, 5) is 0. The van der Waals surface area contributed by atoms with Gasteiger partial charge in [0.05, 0.1) is 0 Å². The molecule has 1 aliphatic carbocycles. The van der Waals surface area contributed by atoms with E-state index in [9.17, 15) is 0 Å². The number of nitrogens with one attached hydrogen (secondary N) is 1. The first-order valence-electron chi connectivity index (χ1n) is 8.03. The summed E-state index contributed by atoms with van der Waals surface area (Å²) in [6.07, 6.45) is 5.96. The predicted molar refractivity (Wildman–Crippen MR) is 87.1 cm³/mol. The fourth-order valence-electron chi connectivity index (χ4n) is 2.92. The highest BCUT2D eigenvalue weighted by molar-refractivity contribution is 5.27. The van der Waals surface area contributed by atoms with E-state index < -0.39 is 0 Å². The predicted octanol–water partition coefficient (Wildman–Crippen LogP) is 3.39. The van der Waals surface area contributed by atoms with Crippen LogP contribution in [0.5, 0.6) is 0 Å². The van der Waals surface area contributed by atoms with E-state index in [0.717, 1.165) is 13.0 Å². The van der Waals surface area contributed by atoms with E-state index in [-0.39, 0.29) is 5.41 Å². The zero-order valence-corrected chi connectivity index (χ0v) is 13.3. The van der Waals surface area contributed by atoms with Gasteiger partial charge in [-0.1, -0.05) is 45.0 Å². The maximum atomic E-state index is 5.94. The van der Waals surface area contributed by atoms with Crippen molar-refractivity contribution in [1.82, 2.24) is 5.32 Å². The lowest BCUT2D eigenvalue weighted by Crippen LogP contribution is -2.38. The number of nitrogens with two attached hydrogens (primary N) is 1. The van der Waals surface area contributed by atoms with Gasteiger partial charge in [-0.15, -0.1) is 0 Å². The largest absolute Gasteiger partial charge is 0.328 e. The van der Waals surface area contributed by atoms with Crippen LogP contribution in [0.25, 0.3) is 0 Å². The Balaban J connectivity index is 1.74. The van der Waals surface area contributed by atoms with E-state index in [2.05, 4.69) is 50.4 Å². The standard InChI is InChI=1S/C18H30N2/c1-18(2,3)15-6-4-14(5-7-15)12-13-20-17-10-8-16(19)9-11-17/h4-7,16-17,20H,8-13,19H2,1-3H3. The van der Waals surface area contributed by atoms with Crippen LogP contribution in [0.4, 0.5) is 0 Å². The summed E-state index contributed by atoms with van der Waals surface area (Å²) in [5.41, 5.74) is 9.03. The lowest BCUT2D eigenvalue weighted by Gasteiger charge is -2.27. The second-order valence-electron chi connectivity index (χ2n) is 7.26. The van der Waals surface area contributed by atoms with E-state index in [1.54, 1.807) is 0 Å². The zero-order valence-electron chi connectivity index (χ0n) is 13.3. The molecule has 1 fully saturated rings. The quantitative estimate of drug-likeness (QED) is 0.883. The molecule has 0 heterocycles. The minimum atomic E-state index is 0.248. The van der Waals surface area contributed by atoms with E-state index in [4.69, 9.17) is 5.73 Å². The zero-order chi connectivity index (χ0) is 14.6. The number of hydrogen-bond donors (Lipinski definition) is 2. The van der Waals surface area contributed by atoms with Crippen molar-refractivity contribution in [1.29, 1.82) is 0 Å². The minimum absolute atomic E-state index is 0.248. The maximum Gasteiger partial charge on any atom is 0.00683 e. The number of benzene rings is 1. The van der Waals surface area contributed by atoms with Crippen LogP contribution in [0, 0.1) is 0 Å². The Morgan fingerprint density at radius 1 is 1.05 bits per heavy atom. The van der Waals surface area contributed by atoms with E-state index in [1.165, 1.54) is 36.8 Å². The first-order chi connectivity index (χ1) is 9.45. The molecule has 2 rings (SSSR count). The fourth-order valence-corrected chi connectivity index (χ4v) is 2.92. The molecule has 1 aliphatic rings. The van der Waals surface area contributed by atoms with Crippen molar-refractivity contribution < 1.29 is 0 Å². The Morgan fingerprint density at radius 3 is 2.20 bits per heavy atom. The molecular formula is C18H30N2. The molecule has 112 valence electrons. The summed E-state index contributed by atoms with van der Waals surface area (Å²) in [7, 11) is 0. The maximum absolute atomic E-state index is 5.94. The highest BCUT2D eigenvalue weighted by atomic mass is 14.9. The summed E-state index contributed by atoms with van der Waals surface area (Å²) >= 11 is 0. The van der Waals surface area contributed by atoms with Crippen molar-refractivity contribution in [3.05, 3.63) is 35.4 Å². The molecule has 0 bridgehead atoms. The van der Waals surface area contributed by atoms with Crippen LogP contribution in [-0.2, 0) is 11.8 Å².